The highest BCUT2D eigenvalue weighted by atomic mass is 32.2. The van der Waals surface area contributed by atoms with Gasteiger partial charge in [0.1, 0.15) is 23.2 Å². The number of benzene rings is 3. The van der Waals surface area contributed by atoms with Crippen molar-refractivity contribution in [2.75, 3.05) is 4.72 Å². The molecule has 0 aliphatic heterocycles. The molecule has 0 aliphatic rings. The fraction of sp³-hybridized carbons (Fsp3) is 0.0800. The minimum absolute atomic E-state index is 0.199. The molecule has 0 spiro atoms. The minimum Gasteiger partial charge on any atom is -0.439 e. The van der Waals surface area contributed by atoms with E-state index in [9.17, 15) is 8.42 Å². The summed E-state index contributed by atoms with van der Waals surface area (Å²) in [5, 5.41) is 1.84. The molecular weight excluding hydrogens is 450 g/mol. The lowest BCUT2D eigenvalue weighted by molar-refractivity contribution is 0.459. The maximum atomic E-state index is 12.9. The molecule has 8 nitrogen and oxygen atoms in total. The highest BCUT2D eigenvalue weighted by Gasteiger charge is 2.15. The van der Waals surface area contributed by atoms with Gasteiger partial charge in [0.05, 0.1) is 4.90 Å². The number of nitrogens with zero attached hydrogens (tertiary/aromatic N) is 4. The smallest absolute Gasteiger partial charge is 0.261 e. The van der Waals surface area contributed by atoms with Crippen LogP contribution in [0.2, 0.25) is 0 Å². The van der Waals surface area contributed by atoms with E-state index in [2.05, 4.69) is 19.7 Å². The molecule has 0 fully saturated rings. The number of hydrogen-bond donors (Lipinski definition) is 1. The van der Waals surface area contributed by atoms with E-state index >= 15 is 0 Å². The predicted octanol–water partition coefficient (Wildman–Crippen LogP) is 5.03. The summed E-state index contributed by atoms with van der Waals surface area (Å²) in [5.41, 5.74) is 0.425. The molecule has 0 bridgehead atoms. The second kappa shape index (κ2) is 8.60. The van der Waals surface area contributed by atoms with E-state index in [1.165, 1.54) is 0 Å². The first-order valence-electron chi connectivity index (χ1n) is 10.5. The standard InChI is InChI=1S/C25H21N5O3S/c1-17-27-24(30-14-13-26-18(30)2)16-25(28-17)33-22-10-8-21(9-11-22)29-34(31,32)23-12-7-19-5-3-4-6-20(19)15-23/h3-16,29H,1-2H3. The van der Waals surface area contributed by atoms with E-state index < -0.39 is 10.0 Å². The third-order valence-electron chi connectivity index (χ3n) is 5.23. The first-order chi connectivity index (χ1) is 16.4. The van der Waals surface area contributed by atoms with Gasteiger partial charge in [0.2, 0.25) is 5.88 Å². The second-order valence-corrected chi connectivity index (χ2v) is 9.38. The average molecular weight is 472 g/mol. The molecule has 0 saturated heterocycles. The summed E-state index contributed by atoms with van der Waals surface area (Å²) in [6.45, 7) is 3.67. The van der Waals surface area contributed by atoms with E-state index in [1.807, 2.05) is 42.0 Å². The molecule has 170 valence electrons. The Bertz CT molecular complexity index is 1600. The molecule has 0 atom stereocenters. The van der Waals surface area contributed by atoms with Crippen LogP contribution in [0.25, 0.3) is 16.6 Å². The van der Waals surface area contributed by atoms with Crippen molar-refractivity contribution >= 4 is 26.5 Å². The van der Waals surface area contributed by atoms with Gasteiger partial charge < -0.3 is 4.74 Å². The predicted molar refractivity (Wildman–Crippen MR) is 130 cm³/mol. The summed E-state index contributed by atoms with van der Waals surface area (Å²) in [5.74, 6) is 2.89. The van der Waals surface area contributed by atoms with Gasteiger partial charge in [0, 0.05) is 24.1 Å². The zero-order valence-electron chi connectivity index (χ0n) is 18.5. The molecule has 5 rings (SSSR count). The molecule has 0 amide bonds. The summed E-state index contributed by atoms with van der Waals surface area (Å²) >= 11 is 0. The largest absolute Gasteiger partial charge is 0.439 e. The van der Waals surface area contributed by atoms with E-state index in [4.69, 9.17) is 4.74 Å². The normalized spacial score (nSPS) is 11.5. The van der Waals surface area contributed by atoms with E-state index in [-0.39, 0.29) is 4.90 Å². The van der Waals surface area contributed by atoms with Crippen molar-refractivity contribution in [2.45, 2.75) is 18.7 Å². The van der Waals surface area contributed by atoms with Crippen molar-refractivity contribution in [3.8, 4) is 17.4 Å². The second-order valence-electron chi connectivity index (χ2n) is 7.70. The maximum Gasteiger partial charge on any atom is 0.261 e. The van der Waals surface area contributed by atoms with Crippen LogP contribution in [0.3, 0.4) is 0 Å². The van der Waals surface area contributed by atoms with Crippen molar-refractivity contribution < 1.29 is 13.2 Å². The summed E-state index contributed by atoms with van der Waals surface area (Å²) < 4.78 is 36.1. The number of hydrogen-bond acceptors (Lipinski definition) is 6. The van der Waals surface area contributed by atoms with Gasteiger partial charge in [-0.3, -0.25) is 9.29 Å². The van der Waals surface area contributed by atoms with E-state index in [0.29, 0.717) is 29.0 Å². The van der Waals surface area contributed by atoms with Crippen molar-refractivity contribution in [3.63, 3.8) is 0 Å². The summed E-state index contributed by atoms with van der Waals surface area (Å²) in [4.78, 5) is 13.2. The number of aryl methyl sites for hydroxylation is 2. The fourth-order valence-electron chi connectivity index (χ4n) is 3.58. The maximum absolute atomic E-state index is 12.9. The fourth-order valence-corrected chi connectivity index (χ4v) is 4.67. The van der Waals surface area contributed by atoms with Gasteiger partial charge in [-0.2, -0.15) is 4.98 Å². The first kappa shape index (κ1) is 21.6. The Morgan fingerprint density at radius 3 is 2.38 bits per heavy atom. The van der Waals surface area contributed by atoms with Crippen LogP contribution in [0, 0.1) is 13.8 Å². The van der Waals surface area contributed by atoms with Crippen molar-refractivity contribution in [3.05, 3.63) is 96.8 Å². The first-order valence-corrected chi connectivity index (χ1v) is 12.0. The van der Waals surface area contributed by atoms with Crippen LogP contribution < -0.4 is 9.46 Å². The molecule has 34 heavy (non-hydrogen) atoms. The lowest BCUT2D eigenvalue weighted by atomic mass is 10.1. The Morgan fingerprint density at radius 2 is 1.65 bits per heavy atom. The Labute approximate surface area is 197 Å². The van der Waals surface area contributed by atoms with Crippen LogP contribution in [-0.4, -0.2) is 27.9 Å². The molecule has 5 aromatic rings. The third kappa shape index (κ3) is 4.46. The Morgan fingerprint density at radius 1 is 0.882 bits per heavy atom. The molecule has 3 aromatic carbocycles. The molecule has 0 aliphatic carbocycles. The number of aromatic nitrogens is 4. The van der Waals surface area contributed by atoms with Crippen LogP contribution in [0.1, 0.15) is 11.6 Å². The van der Waals surface area contributed by atoms with E-state index in [1.54, 1.807) is 61.7 Å². The SMILES string of the molecule is Cc1nc(Oc2ccc(NS(=O)(=O)c3ccc4ccccc4c3)cc2)cc(-n2ccnc2C)n1. The summed E-state index contributed by atoms with van der Waals surface area (Å²) in [7, 11) is -3.74. The van der Waals surface area contributed by atoms with Crippen LogP contribution in [0.5, 0.6) is 11.6 Å². The summed E-state index contributed by atoms with van der Waals surface area (Å²) in [6, 6.07) is 21.0. The van der Waals surface area contributed by atoms with Crippen LogP contribution in [0.4, 0.5) is 5.69 Å². The molecule has 9 heteroatoms. The van der Waals surface area contributed by atoms with Crippen molar-refractivity contribution in [1.29, 1.82) is 0 Å². The molecule has 0 unspecified atom stereocenters. The van der Waals surface area contributed by atoms with Crippen LogP contribution in [0.15, 0.2) is 90.1 Å². The highest BCUT2D eigenvalue weighted by Crippen LogP contribution is 2.25. The number of sulfonamides is 1. The minimum atomic E-state index is -3.74. The average Bonchev–Trinajstić information content (AvgIpc) is 3.25. The van der Waals surface area contributed by atoms with Gasteiger partial charge in [-0.15, -0.1) is 0 Å². The van der Waals surface area contributed by atoms with Gasteiger partial charge in [0.25, 0.3) is 10.0 Å². The van der Waals surface area contributed by atoms with Crippen LogP contribution >= 0.6 is 0 Å². The summed E-state index contributed by atoms with van der Waals surface area (Å²) in [6.07, 6.45) is 3.52. The van der Waals surface area contributed by atoms with Crippen molar-refractivity contribution in [2.24, 2.45) is 0 Å². The lowest BCUT2D eigenvalue weighted by Gasteiger charge is -2.11. The number of nitrogens with one attached hydrogen (secondary N) is 1. The van der Waals surface area contributed by atoms with Gasteiger partial charge in [-0.05, 0) is 61.0 Å². The number of fused-ring (bicyclic) bond motifs is 1. The monoisotopic (exact) mass is 471 g/mol. The Balaban J connectivity index is 1.34. The number of anilines is 1. The number of imidazole rings is 1. The highest BCUT2D eigenvalue weighted by molar-refractivity contribution is 7.92. The Kier molecular flexibility index (Phi) is 5.46. The topological polar surface area (TPSA) is 99.0 Å². The molecule has 0 saturated carbocycles. The molecule has 2 heterocycles. The molecule has 1 N–H and O–H groups in total. The zero-order chi connectivity index (χ0) is 23.7. The van der Waals surface area contributed by atoms with Gasteiger partial charge in [-0.1, -0.05) is 30.3 Å². The Hall–Kier alpha value is -4.24. The molecule has 0 radical (unpaired) electrons. The quantitative estimate of drug-likeness (QED) is 0.373. The van der Waals surface area contributed by atoms with Gasteiger partial charge >= 0.3 is 0 Å². The lowest BCUT2D eigenvalue weighted by Crippen LogP contribution is -2.12. The third-order valence-corrected chi connectivity index (χ3v) is 6.61. The molecule has 2 aromatic heterocycles. The van der Waals surface area contributed by atoms with Gasteiger partial charge in [0.15, 0.2) is 0 Å². The molecular formula is C25H21N5O3S. The number of rotatable bonds is 6. The number of ether oxygens (including phenoxy) is 1. The van der Waals surface area contributed by atoms with Crippen LogP contribution in [-0.2, 0) is 10.0 Å². The zero-order valence-corrected chi connectivity index (χ0v) is 19.3. The van der Waals surface area contributed by atoms with E-state index in [0.717, 1.165) is 16.6 Å². The van der Waals surface area contributed by atoms with Gasteiger partial charge in [-0.25, -0.2) is 18.4 Å². The van der Waals surface area contributed by atoms with Crippen molar-refractivity contribution in [1.82, 2.24) is 19.5 Å².